The average Bonchev–Trinajstić information content (AvgIpc) is 2.21. The molecule has 1 atom stereocenters. The van der Waals surface area contributed by atoms with Crippen molar-refractivity contribution in [1.29, 1.82) is 0 Å². The van der Waals surface area contributed by atoms with Crippen LogP contribution in [0, 0.1) is 12.8 Å². The summed E-state index contributed by atoms with van der Waals surface area (Å²) in [4.78, 5) is 12.0. The molecule has 0 unspecified atom stereocenters. The molecule has 1 aromatic carbocycles. The Balaban J connectivity index is 2.82. The summed E-state index contributed by atoms with van der Waals surface area (Å²) in [5.74, 6) is 0.240. The molecule has 0 saturated heterocycles. The standard InChI is InChI=1S/C13H18Br2N2O/c1-7(2)4-11(16)13(18)17-12-9(14)5-8(3)6-10(12)15/h5-7,11H,4,16H2,1-3H3,(H,17,18)/t11-/m1/s1. The molecule has 3 nitrogen and oxygen atoms in total. The van der Waals surface area contributed by atoms with Crippen LogP contribution < -0.4 is 11.1 Å². The number of benzene rings is 1. The predicted octanol–water partition coefficient (Wildman–Crippen LogP) is 3.83. The number of nitrogens with two attached hydrogens (primary N) is 1. The van der Waals surface area contributed by atoms with Crippen molar-refractivity contribution in [2.24, 2.45) is 11.7 Å². The maximum atomic E-state index is 12.0. The first-order chi connectivity index (χ1) is 8.31. The SMILES string of the molecule is Cc1cc(Br)c(NC(=O)[C@H](N)CC(C)C)c(Br)c1. The highest BCUT2D eigenvalue weighted by Gasteiger charge is 2.17. The van der Waals surface area contributed by atoms with E-state index < -0.39 is 6.04 Å². The van der Waals surface area contributed by atoms with Crippen LogP contribution in [-0.2, 0) is 4.79 Å². The predicted molar refractivity (Wildman–Crippen MR) is 82.6 cm³/mol. The van der Waals surface area contributed by atoms with Gasteiger partial charge in [0.15, 0.2) is 0 Å². The van der Waals surface area contributed by atoms with Gasteiger partial charge in [-0.1, -0.05) is 13.8 Å². The van der Waals surface area contributed by atoms with Crippen molar-refractivity contribution in [1.82, 2.24) is 0 Å². The smallest absolute Gasteiger partial charge is 0.241 e. The number of carbonyl (C=O) groups excluding carboxylic acids is 1. The number of nitrogens with one attached hydrogen (secondary N) is 1. The molecule has 0 bridgehead atoms. The third-order valence-corrected chi connectivity index (χ3v) is 3.75. The number of amides is 1. The second-order valence-corrected chi connectivity index (χ2v) is 6.54. The Morgan fingerprint density at radius 1 is 1.33 bits per heavy atom. The Morgan fingerprint density at radius 3 is 2.28 bits per heavy atom. The number of aryl methyl sites for hydroxylation is 1. The monoisotopic (exact) mass is 376 g/mol. The van der Waals surface area contributed by atoms with Gasteiger partial charge in [-0.3, -0.25) is 4.79 Å². The average molecular weight is 378 g/mol. The summed E-state index contributed by atoms with van der Waals surface area (Å²) in [6.45, 7) is 6.08. The van der Waals surface area contributed by atoms with Crippen LogP contribution >= 0.6 is 31.9 Å². The van der Waals surface area contributed by atoms with Crippen LogP contribution in [0.1, 0.15) is 25.8 Å². The third-order valence-electron chi connectivity index (χ3n) is 2.50. The Morgan fingerprint density at radius 2 is 1.83 bits per heavy atom. The maximum Gasteiger partial charge on any atom is 0.241 e. The normalized spacial score (nSPS) is 12.6. The quantitative estimate of drug-likeness (QED) is 0.837. The molecule has 0 spiro atoms. The van der Waals surface area contributed by atoms with Crippen molar-refractivity contribution < 1.29 is 4.79 Å². The van der Waals surface area contributed by atoms with Gasteiger partial charge >= 0.3 is 0 Å². The molecule has 0 heterocycles. The van der Waals surface area contributed by atoms with Gasteiger partial charge in [0.2, 0.25) is 5.91 Å². The number of hydrogen-bond donors (Lipinski definition) is 2. The van der Waals surface area contributed by atoms with E-state index in [-0.39, 0.29) is 5.91 Å². The molecule has 1 aromatic rings. The van der Waals surface area contributed by atoms with E-state index in [4.69, 9.17) is 5.73 Å². The summed E-state index contributed by atoms with van der Waals surface area (Å²) in [7, 11) is 0. The zero-order chi connectivity index (χ0) is 13.9. The van der Waals surface area contributed by atoms with Gasteiger partial charge in [-0.25, -0.2) is 0 Å². The van der Waals surface area contributed by atoms with Crippen LogP contribution in [0.4, 0.5) is 5.69 Å². The Hall–Kier alpha value is -0.390. The van der Waals surface area contributed by atoms with E-state index in [1.54, 1.807) is 0 Å². The zero-order valence-corrected chi connectivity index (χ0v) is 13.9. The topological polar surface area (TPSA) is 55.1 Å². The molecule has 1 amide bonds. The molecular weight excluding hydrogens is 360 g/mol. The lowest BCUT2D eigenvalue weighted by molar-refractivity contribution is -0.117. The summed E-state index contributed by atoms with van der Waals surface area (Å²) in [5.41, 5.74) is 7.69. The summed E-state index contributed by atoms with van der Waals surface area (Å²) < 4.78 is 1.69. The van der Waals surface area contributed by atoms with Crippen molar-refractivity contribution in [2.75, 3.05) is 5.32 Å². The minimum absolute atomic E-state index is 0.158. The molecule has 0 aliphatic rings. The molecule has 0 aliphatic heterocycles. The Kier molecular flexibility index (Phi) is 5.82. The summed E-state index contributed by atoms with van der Waals surface area (Å²) in [6.07, 6.45) is 0.674. The molecule has 0 fully saturated rings. The van der Waals surface area contributed by atoms with E-state index in [2.05, 4.69) is 37.2 Å². The lowest BCUT2D eigenvalue weighted by Gasteiger charge is -2.16. The van der Waals surface area contributed by atoms with Crippen LogP contribution in [0.5, 0.6) is 0 Å². The van der Waals surface area contributed by atoms with Gasteiger partial charge in [0.1, 0.15) is 0 Å². The van der Waals surface area contributed by atoms with Crippen LogP contribution in [0.3, 0.4) is 0 Å². The number of carbonyl (C=O) groups is 1. The summed E-state index contributed by atoms with van der Waals surface area (Å²) >= 11 is 6.88. The van der Waals surface area contributed by atoms with Gasteiger partial charge in [-0.05, 0) is 68.8 Å². The maximum absolute atomic E-state index is 12.0. The molecular formula is C13H18Br2N2O. The number of anilines is 1. The molecule has 100 valence electrons. The lowest BCUT2D eigenvalue weighted by atomic mass is 10.0. The van der Waals surface area contributed by atoms with Crippen molar-refractivity contribution in [3.05, 3.63) is 26.6 Å². The van der Waals surface area contributed by atoms with E-state index in [9.17, 15) is 4.79 Å². The first-order valence-electron chi connectivity index (χ1n) is 5.83. The fourth-order valence-corrected chi connectivity index (χ4v) is 3.26. The molecule has 3 N–H and O–H groups in total. The Labute approximate surface area is 125 Å². The van der Waals surface area contributed by atoms with E-state index in [0.29, 0.717) is 12.3 Å². The minimum Gasteiger partial charge on any atom is -0.323 e. The van der Waals surface area contributed by atoms with E-state index in [1.807, 2.05) is 32.9 Å². The van der Waals surface area contributed by atoms with Gasteiger partial charge < -0.3 is 11.1 Å². The van der Waals surface area contributed by atoms with Gasteiger partial charge in [0.05, 0.1) is 11.7 Å². The molecule has 1 rings (SSSR count). The highest BCUT2D eigenvalue weighted by atomic mass is 79.9. The van der Waals surface area contributed by atoms with Crippen LogP contribution in [-0.4, -0.2) is 11.9 Å². The van der Waals surface area contributed by atoms with Crippen molar-refractivity contribution in [2.45, 2.75) is 33.2 Å². The van der Waals surface area contributed by atoms with Crippen molar-refractivity contribution in [3.8, 4) is 0 Å². The van der Waals surface area contributed by atoms with Gasteiger partial charge in [-0.2, -0.15) is 0 Å². The fourth-order valence-electron chi connectivity index (χ4n) is 1.65. The third kappa shape index (κ3) is 4.37. The van der Waals surface area contributed by atoms with Gasteiger partial charge in [0.25, 0.3) is 0 Å². The second kappa shape index (κ2) is 6.68. The number of halogens is 2. The molecule has 0 radical (unpaired) electrons. The van der Waals surface area contributed by atoms with E-state index in [1.165, 1.54) is 0 Å². The first-order valence-corrected chi connectivity index (χ1v) is 7.42. The second-order valence-electron chi connectivity index (χ2n) is 4.83. The van der Waals surface area contributed by atoms with Crippen LogP contribution in [0.15, 0.2) is 21.1 Å². The van der Waals surface area contributed by atoms with Crippen LogP contribution in [0.2, 0.25) is 0 Å². The zero-order valence-electron chi connectivity index (χ0n) is 10.8. The molecule has 18 heavy (non-hydrogen) atoms. The van der Waals surface area contributed by atoms with E-state index >= 15 is 0 Å². The van der Waals surface area contributed by atoms with Crippen LogP contribution in [0.25, 0.3) is 0 Å². The minimum atomic E-state index is -0.481. The highest BCUT2D eigenvalue weighted by molar-refractivity contribution is 9.11. The number of hydrogen-bond acceptors (Lipinski definition) is 2. The Bertz CT molecular complexity index is 424. The number of rotatable bonds is 4. The summed E-state index contributed by atoms with van der Waals surface area (Å²) in [6, 6.07) is 3.42. The molecule has 0 aromatic heterocycles. The lowest BCUT2D eigenvalue weighted by Crippen LogP contribution is -2.36. The highest BCUT2D eigenvalue weighted by Crippen LogP contribution is 2.32. The van der Waals surface area contributed by atoms with E-state index in [0.717, 1.165) is 20.2 Å². The largest absolute Gasteiger partial charge is 0.323 e. The first kappa shape index (κ1) is 15.7. The molecule has 0 aliphatic carbocycles. The van der Waals surface area contributed by atoms with Crippen molar-refractivity contribution in [3.63, 3.8) is 0 Å². The fraction of sp³-hybridized carbons (Fsp3) is 0.462. The van der Waals surface area contributed by atoms with Crippen molar-refractivity contribution >= 4 is 43.5 Å². The van der Waals surface area contributed by atoms with Gasteiger partial charge in [0, 0.05) is 8.95 Å². The summed E-state index contributed by atoms with van der Waals surface area (Å²) in [5, 5.41) is 2.85. The van der Waals surface area contributed by atoms with Gasteiger partial charge in [-0.15, -0.1) is 0 Å². The molecule has 0 saturated carbocycles. The molecule has 5 heteroatoms.